The van der Waals surface area contributed by atoms with Crippen LogP contribution < -0.4 is 10.9 Å². The molecule has 0 aliphatic rings. The van der Waals surface area contributed by atoms with Gasteiger partial charge in [-0.25, -0.2) is 0 Å². The van der Waals surface area contributed by atoms with E-state index in [1.807, 2.05) is 44.2 Å². The van der Waals surface area contributed by atoms with Crippen molar-refractivity contribution in [3.05, 3.63) is 87.6 Å². The number of carbonyl (C=O) groups is 1. The van der Waals surface area contributed by atoms with Crippen molar-refractivity contribution in [1.82, 2.24) is 19.7 Å². The van der Waals surface area contributed by atoms with Crippen molar-refractivity contribution in [2.45, 2.75) is 33.5 Å². The molecule has 0 radical (unpaired) electrons. The monoisotopic (exact) mass is 350 g/mol. The van der Waals surface area contributed by atoms with Crippen LogP contribution in [0.4, 0.5) is 0 Å². The number of nitrogens with zero attached hydrogens (tertiary/aromatic N) is 3. The maximum absolute atomic E-state index is 12.3. The quantitative estimate of drug-likeness (QED) is 0.742. The van der Waals surface area contributed by atoms with E-state index in [4.69, 9.17) is 0 Å². The second-order valence-electron chi connectivity index (χ2n) is 6.15. The van der Waals surface area contributed by atoms with Gasteiger partial charge >= 0.3 is 0 Å². The SMILES string of the molecule is CCn1cc(C(=O)NCc2ccc(Cn3ccccc3=O)cc2)c(C)n1. The number of amides is 1. The molecule has 0 aliphatic heterocycles. The van der Waals surface area contributed by atoms with E-state index < -0.39 is 0 Å². The van der Waals surface area contributed by atoms with Gasteiger partial charge in [0, 0.05) is 31.5 Å². The first-order valence-electron chi connectivity index (χ1n) is 8.62. The molecule has 0 atom stereocenters. The summed E-state index contributed by atoms with van der Waals surface area (Å²) in [6.07, 6.45) is 3.54. The van der Waals surface area contributed by atoms with Crippen molar-refractivity contribution in [3.8, 4) is 0 Å². The maximum atomic E-state index is 12.3. The van der Waals surface area contributed by atoms with Gasteiger partial charge in [-0.1, -0.05) is 30.3 Å². The third kappa shape index (κ3) is 4.08. The lowest BCUT2D eigenvalue weighted by molar-refractivity contribution is 0.0950. The van der Waals surface area contributed by atoms with Gasteiger partial charge in [0.1, 0.15) is 0 Å². The fraction of sp³-hybridized carbons (Fsp3) is 0.250. The van der Waals surface area contributed by atoms with Gasteiger partial charge in [-0.15, -0.1) is 0 Å². The molecule has 1 amide bonds. The first kappa shape index (κ1) is 17.7. The standard InChI is InChI=1S/C20H22N4O2/c1-3-24-14-18(15(2)22-24)20(26)21-12-16-7-9-17(10-8-16)13-23-11-5-4-6-19(23)25/h4-11,14H,3,12-13H2,1-2H3,(H,21,26). The molecule has 1 aromatic carbocycles. The number of aryl methyl sites for hydroxylation is 2. The van der Waals surface area contributed by atoms with Crippen LogP contribution in [-0.4, -0.2) is 20.3 Å². The van der Waals surface area contributed by atoms with Gasteiger partial charge in [-0.3, -0.25) is 14.3 Å². The number of nitrogens with one attached hydrogen (secondary N) is 1. The third-order valence-electron chi connectivity index (χ3n) is 4.24. The highest BCUT2D eigenvalue weighted by atomic mass is 16.1. The van der Waals surface area contributed by atoms with Crippen LogP contribution in [0.3, 0.4) is 0 Å². The summed E-state index contributed by atoms with van der Waals surface area (Å²) in [5.41, 5.74) is 3.35. The highest BCUT2D eigenvalue weighted by molar-refractivity contribution is 5.94. The second kappa shape index (κ2) is 7.82. The number of carbonyl (C=O) groups excluding carboxylic acids is 1. The van der Waals surface area contributed by atoms with Crippen molar-refractivity contribution in [3.63, 3.8) is 0 Å². The topological polar surface area (TPSA) is 68.9 Å². The van der Waals surface area contributed by atoms with Crippen molar-refractivity contribution < 1.29 is 4.79 Å². The van der Waals surface area contributed by atoms with E-state index >= 15 is 0 Å². The molecule has 2 heterocycles. The molecule has 26 heavy (non-hydrogen) atoms. The highest BCUT2D eigenvalue weighted by Gasteiger charge is 2.12. The molecule has 0 fully saturated rings. The minimum atomic E-state index is -0.123. The summed E-state index contributed by atoms with van der Waals surface area (Å²) >= 11 is 0. The van der Waals surface area contributed by atoms with Crippen molar-refractivity contribution in [1.29, 1.82) is 0 Å². The highest BCUT2D eigenvalue weighted by Crippen LogP contribution is 2.08. The van der Waals surface area contributed by atoms with Gasteiger partial charge in [0.05, 0.1) is 17.8 Å². The fourth-order valence-corrected chi connectivity index (χ4v) is 2.73. The van der Waals surface area contributed by atoms with E-state index in [0.29, 0.717) is 18.7 Å². The van der Waals surface area contributed by atoms with Crippen molar-refractivity contribution in [2.75, 3.05) is 0 Å². The Labute approximate surface area is 152 Å². The largest absolute Gasteiger partial charge is 0.348 e. The van der Waals surface area contributed by atoms with Crippen molar-refractivity contribution in [2.24, 2.45) is 0 Å². The van der Waals surface area contributed by atoms with Crippen LogP contribution in [0, 0.1) is 6.92 Å². The van der Waals surface area contributed by atoms with E-state index in [1.165, 1.54) is 0 Å². The molecular weight excluding hydrogens is 328 g/mol. The number of hydrogen-bond donors (Lipinski definition) is 1. The molecule has 1 N–H and O–H groups in total. The minimum Gasteiger partial charge on any atom is -0.348 e. The Balaban J connectivity index is 1.60. The smallest absolute Gasteiger partial charge is 0.255 e. The maximum Gasteiger partial charge on any atom is 0.255 e. The fourth-order valence-electron chi connectivity index (χ4n) is 2.73. The minimum absolute atomic E-state index is 0.0214. The normalized spacial score (nSPS) is 10.7. The first-order chi connectivity index (χ1) is 12.6. The average Bonchev–Trinajstić information content (AvgIpc) is 3.04. The van der Waals surface area contributed by atoms with Gasteiger partial charge in [0.2, 0.25) is 0 Å². The Morgan fingerprint density at radius 3 is 2.50 bits per heavy atom. The van der Waals surface area contributed by atoms with E-state index in [2.05, 4.69) is 10.4 Å². The third-order valence-corrected chi connectivity index (χ3v) is 4.24. The molecular formula is C20H22N4O2. The van der Waals surface area contributed by atoms with Gasteiger partial charge in [0.25, 0.3) is 11.5 Å². The Hall–Kier alpha value is -3.15. The van der Waals surface area contributed by atoms with E-state index in [9.17, 15) is 9.59 Å². The number of benzene rings is 1. The summed E-state index contributed by atoms with van der Waals surface area (Å²) in [5, 5.41) is 7.22. The Kier molecular flexibility index (Phi) is 5.31. The predicted molar refractivity (Wildman–Crippen MR) is 100 cm³/mol. The number of rotatable bonds is 6. The summed E-state index contributed by atoms with van der Waals surface area (Å²) in [4.78, 5) is 24.1. The number of aromatic nitrogens is 3. The molecule has 0 saturated carbocycles. The Morgan fingerprint density at radius 2 is 1.85 bits per heavy atom. The summed E-state index contributed by atoms with van der Waals surface area (Å²) in [5.74, 6) is -0.123. The summed E-state index contributed by atoms with van der Waals surface area (Å²) < 4.78 is 3.41. The molecule has 3 rings (SSSR count). The Bertz CT molecular complexity index is 954. The van der Waals surface area contributed by atoms with E-state index in [0.717, 1.165) is 23.4 Å². The first-order valence-corrected chi connectivity index (χ1v) is 8.62. The average molecular weight is 350 g/mol. The molecule has 6 heteroatoms. The summed E-state index contributed by atoms with van der Waals surface area (Å²) in [6, 6.07) is 13.0. The Morgan fingerprint density at radius 1 is 1.12 bits per heavy atom. The predicted octanol–water partition coefficient (Wildman–Crippen LogP) is 2.35. The zero-order valence-corrected chi connectivity index (χ0v) is 15.0. The molecule has 134 valence electrons. The second-order valence-corrected chi connectivity index (χ2v) is 6.15. The van der Waals surface area contributed by atoms with E-state index in [1.54, 1.807) is 33.8 Å². The lowest BCUT2D eigenvalue weighted by Gasteiger charge is -2.08. The van der Waals surface area contributed by atoms with Gasteiger partial charge in [0.15, 0.2) is 0 Å². The van der Waals surface area contributed by atoms with Crippen LogP contribution >= 0.6 is 0 Å². The molecule has 6 nitrogen and oxygen atoms in total. The molecule has 0 aliphatic carbocycles. The van der Waals surface area contributed by atoms with Crippen molar-refractivity contribution >= 4 is 5.91 Å². The summed E-state index contributed by atoms with van der Waals surface area (Å²) in [7, 11) is 0. The van der Waals surface area contributed by atoms with Crippen LogP contribution in [0.2, 0.25) is 0 Å². The van der Waals surface area contributed by atoms with E-state index in [-0.39, 0.29) is 11.5 Å². The van der Waals surface area contributed by atoms with Crippen LogP contribution in [0.1, 0.15) is 34.1 Å². The molecule has 3 aromatic rings. The van der Waals surface area contributed by atoms with Crippen LogP contribution in [0.5, 0.6) is 0 Å². The zero-order chi connectivity index (χ0) is 18.5. The van der Waals surface area contributed by atoms with Gasteiger partial charge < -0.3 is 9.88 Å². The van der Waals surface area contributed by atoms with Crippen LogP contribution in [0.25, 0.3) is 0 Å². The lowest BCUT2D eigenvalue weighted by atomic mass is 10.1. The van der Waals surface area contributed by atoms with Crippen LogP contribution in [-0.2, 0) is 19.6 Å². The molecule has 0 bridgehead atoms. The van der Waals surface area contributed by atoms with Gasteiger partial charge in [-0.2, -0.15) is 5.10 Å². The molecule has 0 saturated heterocycles. The zero-order valence-electron chi connectivity index (χ0n) is 15.0. The number of pyridine rings is 1. The summed E-state index contributed by atoms with van der Waals surface area (Å²) in [6.45, 7) is 5.53. The lowest BCUT2D eigenvalue weighted by Crippen LogP contribution is -2.23. The van der Waals surface area contributed by atoms with Crippen LogP contribution in [0.15, 0.2) is 59.7 Å². The number of hydrogen-bond acceptors (Lipinski definition) is 3. The molecule has 2 aromatic heterocycles. The molecule has 0 unspecified atom stereocenters. The molecule has 0 spiro atoms. The van der Waals surface area contributed by atoms with Gasteiger partial charge in [-0.05, 0) is 31.0 Å².